The van der Waals surface area contributed by atoms with E-state index < -0.39 is 11.5 Å². The van der Waals surface area contributed by atoms with Crippen LogP contribution < -0.4 is 10.1 Å². The van der Waals surface area contributed by atoms with Gasteiger partial charge in [0.2, 0.25) is 5.91 Å². The maximum atomic E-state index is 12.5. The number of rotatable bonds is 5. The summed E-state index contributed by atoms with van der Waals surface area (Å²) in [5.41, 5.74) is 0.230. The lowest BCUT2D eigenvalue weighted by Crippen LogP contribution is -2.56. The molecule has 1 aliphatic carbocycles. The lowest BCUT2D eigenvalue weighted by Gasteiger charge is -2.36. The zero-order chi connectivity index (χ0) is 18.0. The number of ether oxygens (including phenoxy) is 1. The summed E-state index contributed by atoms with van der Waals surface area (Å²) in [6, 6.07) is 5.41. The third-order valence-electron chi connectivity index (χ3n) is 5.13. The van der Waals surface area contributed by atoms with Gasteiger partial charge >= 0.3 is 5.97 Å². The maximum Gasteiger partial charge on any atom is 0.329 e. The summed E-state index contributed by atoms with van der Waals surface area (Å²) in [5.74, 6) is -0.0683. The minimum absolute atomic E-state index is 0.0872. The monoisotopic (exact) mass is 345 g/mol. The number of amides is 1. The molecule has 1 aromatic heterocycles. The first-order valence-electron chi connectivity index (χ1n) is 8.52. The number of aliphatic carboxylic acids is 1. The van der Waals surface area contributed by atoms with Gasteiger partial charge in [-0.2, -0.15) is 0 Å². The molecular weight excluding hydrogens is 322 g/mol. The zero-order valence-corrected chi connectivity index (χ0v) is 14.5. The molecule has 0 aliphatic heterocycles. The van der Waals surface area contributed by atoms with Crippen molar-refractivity contribution in [2.24, 2.45) is 5.92 Å². The van der Waals surface area contributed by atoms with E-state index in [1.165, 1.54) is 0 Å². The van der Waals surface area contributed by atoms with Gasteiger partial charge in [0.15, 0.2) is 0 Å². The highest BCUT2D eigenvalue weighted by atomic mass is 16.5. The number of hydrogen-bond acceptors (Lipinski definition) is 4. The fraction of sp³-hybridized carbons (Fsp3) is 0.474. The van der Waals surface area contributed by atoms with Crippen molar-refractivity contribution in [3.8, 4) is 5.75 Å². The van der Waals surface area contributed by atoms with Crippen molar-refractivity contribution in [2.45, 2.75) is 44.6 Å². The zero-order valence-electron chi connectivity index (χ0n) is 14.5. The largest absolute Gasteiger partial charge is 0.497 e. The van der Waals surface area contributed by atoms with Crippen molar-refractivity contribution < 1.29 is 23.8 Å². The normalized spacial score (nSPS) is 23.4. The van der Waals surface area contributed by atoms with Gasteiger partial charge in [-0.3, -0.25) is 4.79 Å². The van der Waals surface area contributed by atoms with Crippen molar-refractivity contribution in [1.29, 1.82) is 0 Å². The topological polar surface area (TPSA) is 88.8 Å². The summed E-state index contributed by atoms with van der Waals surface area (Å²) in [7, 11) is 1.58. The van der Waals surface area contributed by atoms with Crippen LogP contribution in [-0.2, 0) is 16.0 Å². The molecule has 25 heavy (non-hydrogen) atoms. The van der Waals surface area contributed by atoms with Crippen molar-refractivity contribution in [2.75, 3.05) is 7.11 Å². The molecule has 0 unspecified atom stereocenters. The minimum Gasteiger partial charge on any atom is -0.497 e. The number of benzene rings is 1. The molecule has 1 saturated carbocycles. The van der Waals surface area contributed by atoms with Crippen LogP contribution >= 0.6 is 0 Å². The van der Waals surface area contributed by atoms with E-state index in [9.17, 15) is 14.7 Å². The van der Waals surface area contributed by atoms with Crippen LogP contribution in [0.5, 0.6) is 5.75 Å². The molecule has 1 aromatic carbocycles. The molecule has 2 N–H and O–H groups in total. The van der Waals surface area contributed by atoms with E-state index in [-0.39, 0.29) is 12.3 Å². The van der Waals surface area contributed by atoms with Crippen LogP contribution in [0.2, 0.25) is 0 Å². The van der Waals surface area contributed by atoms with E-state index in [0.717, 1.165) is 23.8 Å². The van der Waals surface area contributed by atoms with Crippen LogP contribution in [0, 0.1) is 5.92 Å². The SMILES string of the molecule is COc1ccc2c(CC(=O)NC3(C(=O)O)CCC(C)CC3)coc2c1. The van der Waals surface area contributed by atoms with Crippen LogP contribution in [0.15, 0.2) is 28.9 Å². The molecule has 0 spiro atoms. The highest BCUT2D eigenvalue weighted by Crippen LogP contribution is 2.32. The Morgan fingerprint density at radius 2 is 2.08 bits per heavy atom. The number of fused-ring (bicyclic) bond motifs is 1. The van der Waals surface area contributed by atoms with Crippen LogP contribution in [0.4, 0.5) is 0 Å². The van der Waals surface area contributed by atoms with Gasteiger partial charge in [-0.1, -0.05) is 6.92 Å². The van der Waals surface area contributed by atoms with E-state index >= 15 is 0 Å². The number of carboxylic acid groups (broad SMARTS) is 1. The molecular formula is C19H23NO5. The van der Waals surface area contributed by atoms with Gasteiger partial charge in [0, 0.05) is 17.0 Å². The van der Waals surface area contributed by atoms with Gasteiger partial charge in [0.25, 0.3) is 0 Å². The first-order chi connectivity index (χ1) is 11.9. The second-order valence-corrected chi connectivity index (χ2v) is 6.92. The van der Waals surface area contributed by atoms with Gasteiger partial charge < -0.3 is 19.6 Å². The first-order valence-corrected chi connectivity index (χ1v) is 8.52. The molecule has 1 amide bonds. The van der Waals surface area contributed by atoms with Gasteiger partial charge in [-0.15, -0.1) is 0 Å². The van der Waals surface area contributed by atoms with Crippen molar-refractivity contribution in [3.05, 3.63) is 30.0 Å². The summed E-state index contributed by atoms with van der Waals surface area (Å²) in [6.07, 6.45) is 4.18. The smallest absolute Gasteiger partial charge is 0.329 e. The van der Waals surface area contributed by atoms with E-state index in [2.05, 4.69) is 12.2 Å². The molecule has 1 heterocycles. The molecule has 0 atom stereocenters. The Kier molecular flexibility index (Phi) is 4.70. The Morgan fingerprint density at radius 3 is 2.72 bits per heavy atom. The number of carbonyl (C=O) groups excluding carboxylic acids is 1. The number of carboxylic acids is 1. The average Bonchev–Trinajstić information content (AvgIpc) is 2.98. The lowest BCUT2D eigenvalue weighted by atomic mass is 9.77. The molecule has 0 saturated heterocycles. The Morgan fingerprint density at radius 1 is 1.36 bits per heavy atom. The molecule has 6 nitrogen and oxygen atoms in total. The molecule has 0 bridgehead atoms. The Labute approximate surface area is 146 Å². The third-order valence-corrected chi connectivity index (χ3v) is 5.13. The molecule has 1 aliphatic rings. The van der Waals surface area contributed by atoms with Crippen molar-refractivity contribution >= 4 is 22.8 Å². The van der Waals surface area contributed by atoms with Crippen LogP contribution in [0.3, 0.4) is 0 Å². The van der Waals surface area contributed by atoms with E-state index in [0.29, 0.717) is 30.1 Å². The highest BCUT2D eigenvalue weighted by molar-refractivity contribution is 5.91. The summed E-state index contributed by atoms with van der Waals surface area (Å²) < 4.78 is 10.6. The highest BCUT2D eigenvalue weighted by Gasteiger charge is 2.42. The van der Waals surface area contributed by atoms with Crippen LogP contribution in [-0.4, -0.2) is 29.6 Å². The van der Waals surface area contributed by atoms with E-state index in [1.54, 1.807) is 25.5 Å². The summed E-state index contributed by atoms with van der Waals surface area (Å²) in [5, 5.41) is 13.2. The van der Waals surface area contributed by atoms with Gasteiger partial charge in [0.05, 0.1) is 19.8 Å². The number of methoxy groups -OCH3 is 1. The van der Waals surface area contributed by atoms with E-state index in [1.807, 2.05) is 6.07 Å². The second-order valence-electron chi connectivity index (χ2n) is 6.92. The molecule has 0 radical (unpaired) electrons. The van der Waals surface area contributed by atoms with Crippen LogP contribution in [0.25, 0.3) is 11.0 Å². The molecule has 3 rings (SSSR count). The third kappa shape index (κ3) is 3.48. The first kappa shape index (κ1) is 17.3. The predicted molar refractivity (Wildman–Crippen MR) is 92.6 cm³/mol. The van der Waals surface area contributed by atoms with Crippen molar-refractivity contribution in [1.82, 2.24) is 5.32 Å². The Bertz CT molecular complexity index is 786. The maximum absolute atomic E-state index is 12.5. The van der Waals surface area contributed by atoms with Crippen molar-refractivity contribution in [3.63, 3.8) is 0 Å². The quantitative estimate of drug-likeness (QED) is 0.869. The lowest BCUT2D eigenvalue weighted by molar-refractivity contribution is -0.149. The number of carbonyl (C=O) groups is 2. The Balaban J connectivity index is 1.74. The molecule has 6 heteroatoms. The Hall–Kier alpha value is -2.50. The number of hydrogen-bond donors (Lipinski definition) is 2. The molecule has 134 valence electrons. The van der Waals surface area contributed by atoms with Gasteiger partial charge in [-0.25, -0.2) is 4.79 Å². The van der Waals surface area contributed by atoms with Gasteiger partial charge in [0.1, 0.15) is 16.9 Å². The summed E-state index contributed by atoms with van der Waals surface area (Å²) >= 11 is 0. The average molecular weight is 345 g/mol. The van der Waals surface area contributed by atoms with Gasteiger partial charge in [-0.05, 0) is 43.7 Å². The summed E-state index contributed by atoms with van der Waals surface area (Å²) in [4.78, 5) is 24.3. The minimum atomic E-state index is -1.15. The number of furan rings is 1. The second kappa shape index (κ2) is 6.78. The van der Waals surface area contributed by atoms with Crippen LogP contribution in [0.1, 0.15) is 38.2 Å². The predicted octanol–water partition coefficient (Wildman–Crippen LogP) is 3.13. The molecule has 1 fully saturated rings. The number of nitrogens with one attached hydrogen (secondary N) is 1. The fourth-order valence-electron chi connectivity index (χ4n) is 3.46. The standard InChI is InChI=1S/C19H23NO5/c1-12-5-7-19(8-6-12,18(22)23)20-17(21)9-13-11-25-16-10-14(24-2)3-4-15(13)16/h3-4,10-12H,5-9H2,1-2H3,(H,20,21)(H,22,23). The fourth-order valence-corrected chi connectivity index (χ4v) is 3.46. The molecule has 2 aromatic rings. The summed E-state index contributed by atoms with van der Waals surface area (Å²) in [6.45, 7) is 2.11. The van der Waals surface area contributed by atoms with E-state index in [4.69, 9.17) is 9.15 Å².